The Balaban J connectivity index is 0.000000360. The van der Waals surface area contributed by atoms with E-state index >= 15 is 0 Å². The lowest BCUT2D eigenvalue weighted by molar-refractivity contribution is 0.747. The third-order valence-corrected chi connectivity index (χ3v) is 1.48. The van der Waals surface area contributed by atoms with Gasteiger partial charge in [0.2, 0.25) is 0 Å². The van der Waals surface area contributed by atoms with Gasteiger partial charge in [-0.15, -0.1) is 12.4 Å². The van der Waals surface area contributed by atoms with Crippen molar-refractivity contribution in [3.05, 3.63) is 0 Å². The van der Waals surface area contributed by atoms with E-state index in [-0.39, 0.29) is 12.4 Å². The Morgan fingerprint density at radius 2 is 2.00 bits per heavy atom. The molecular weight excluding hydrogens is 110 g/mol. The van der Waals surface area contributed by atoms with Gasteiger partial charge in [0.1, 0.15) is 0 Å². The van der Waals surface area contributed by atoms with Gasteiger partial charge in [0.05, 0.1) is 0 Å². The predicted octanol–water partition coefficient (Wildman–Crippen LogP) is 1.04. The highest BCUT2D eigenvalue weighted by Gasteiger charge is 2.29. The highest BCUT2D eigenvalue weighted by atomic mass is 35.5. The van der Waals surface area contributed by atoms with Crippen LogP contribution in [-0.2, 0) is 0 Å². The third kappa shape index (κ3) is 1.66. The molecule has 44 valence electrons. The average molecular weight is 122 g/mol. The van der Waals surface area contributed by atoms with Crippen molar-refractivity contribution in [2.24, 2.45) is 5.92 Å². The molecule has 0 heterocycles. The number of hydrogen-bond donors (Lipinski definition) is 1. The van der Waals surface area contributed by atoms with Crippen LogP contribution in [0.25, 0.3) is 0 Å². The average Bonchev–Trinajstić information content (AvgIpc) is 2.19. The van der Waals surface area contributed by atoms with Crippen molar-refractivity contribution in [3.8, 4) is 0 Å². The summed E-state index contributed by atoms with van der Waals surface area (Å²) in [7, 11) is 2.02. The van der Waals surface area contributed by atoms with Crippen molar-refractivity contribution >= 4 is 12.4 Å². The molecule has 0 saturated heterocycles. The van der Waals surface area contributed by atoms with E-state index in [1.54, 1.807) is 0 Å². The van der Waals surface area contributed by atoms with E-state index in [1.165, 1.54) is 6.42 Å². The fourth-order valence-corrected chi connectivity index (χ4v) is 0.724. The Morgan fingerprint density at radius 3 is 2.00 bits per heavy atom. The largest absolute Gasteiger partial charge is 0.317 e. The summed E-state index contributed by atoms with van der Waals surface area (Å²) >= 11 is 0. The zero-order valence-corrected chi connectivity index (χ0v) is 5.59. The lowest BCUT2D eigenvalue weighted by Crippen LogP contribution is -2.09. The Morgan fingerprint density at radius 1 is 1.57 bits per heavy atom. The molecule has 1 saturated carbocycles. The molecule has 0 spiro atoms. The second-order valence-corrected chi connectivity index (χ2v) is 2.11. The monoisotopic (exact) mass is 121 g/mol. The Hall–Kier alpha value is 0.250. The first kappa shape index (κ1) is 7.25. The van der Waals surface area contributed by atoms with Crippen LogP contribution in [-0.4, -0.2) is 13.1 Å². The summed E-state index contributed by atoms with van der Waals surface area (Å²) in [6, 6.07) is 0.852. The minimum atomic E-state index is 0. The molecule has 2 atom stereocenters. The van der Waals surface area contributed by atoms with Crippen LogP contribution in [0.1, 0.15) is 13.3 Å². The van der Waals surface area contributed by atoms with Gasteiger partial charge in [0.25, 0.3) is 0 Å². The number of halogens is 1. The second-order valence-electron chi connectivity index (χ2n) is 2.11. The van der Waals surface area contributed by atoms with Gasteiger partial charge in [0.15, 0.2) is 0 Å². The molecule has 0 bridgehead atoms. The Bertz CT molecular complexity index is 54.0. The standard InChI is InChI=1S/C5H11N.ClH/c1-4-3-5(4)6-2;/h4-6H,3H2,1-2H3;1H/t4-,5-;/m0./s1. The van der Waals surface area contributed by atoms with Gasteiger partial charge in [0, 0.05) is 6.04 Å². The van der Waals surface area contributed by atoms with Crippen LogP contribution in [0, 0.1) is 5.92 Å². The van der Waals surface area contributed by atoms with Gasteiger partial charge < -0.3 is 5.32 Å². The van der Waals surface area contributed by atoms with E-state index in [9.17, 15) is 0 Å². The van der Waals surface area contributed by atoms with Crippen molar-refractivity contribution in [1.82, 2.24) is 5.32 Å². The summed E-state index contributed by atoms with van der Waals surface area (Å²) in [5, 5.41) is 3.19. The van der Waals surface area contributed by atoms with Crippen LogP contribution < -0.4 is 5.32 Å². The van der Waals surface area contributed by atoms with E-state index in [2.05, 4.69) is 12.2 Å². The van der Waals surface area contributed by atoms with E-state index in [0.29, 0.717) is 0 Å². The van der Waals surface area contributed by atoms with E-state index < -0.39 is 0 Å². The van der Waals surface area contributed by atoms with Crippen molar-refractivity contribution in [2.45, 2.75) is 19.4 Å². The molecule has 7 heavy (non-hydrogen) atoms. The Kier molecular flexibility index (Phi) is 2.62. The molecule has 1 rings (SSSR count). The third-order valence-electron chi connectivity index (χ3n) is 1.48. The maximum absolute atomic E-state index is 3.19. The quantitative estimate of drug-likeness (QED) is 0.547. The fourth-order valence-electron chi connectivity index (χ4n) is 0.724. The van der Waals surface area contributed by atoms with E-state index in [1.807, 2.05) is 7.05 Å². The molecule has 0 aromatic rings. The summed E-state index contributed by atoms with van der Waals surface area (Å²) in [4.78, 5) is 0. The van der Waals surface area contributed by atoms with Gasteiger partial charge in [-0.2, -0.15) is 0 Å². The van der Waals surface area contributed by atoms with Crippen LogP contribution in [0.2, 0.25) is 0 Å². The van der Waals surface area contributed by atoms with Crippen molar-refractivity contribution in [3.63, 3.8) is 0 Å². The lowest BCUT2D eigenvalue weighted by Gasteiger charge is -1.84. The number of nitrogens with one attached hydrogen (secondary N) is 1. The van der Waals surface area contributed by atoms with Crippen molar-refractivity contribution < 1.29 is 0 Å². The summed E-state index contributed by atoms with van der Waals surface area (Å²) < 4.78 is 0. The van der Waals surface area contributed by atoms with Crippen LogP contribution in [0.3, 0.4) is 0 Å². The maximum Gasteiger partial charge on any atom is 0.00933 e. The van der Waals surface area contributed by atoms with Crippen molar-refractivity contribution in [1.29, 1.82) is 0 Å². The normalized spacial score (nSPS) is 36.9. The molecule has 0 aromatic carbocycles. The van der Waals surface area contributed by atoms with Crippen LogP contribution >= 0.6 is 12.4 Å². The van der Waals surface area contributed by atoms with Gasteiger partial charge in [-0.05, 0) is 19.4 Å². The van der Waals surface area contributed by atoms with Crippen LogP contribution in [0.15, 0.2) is 0 Å². The number of rotatable bonds is 1. The molecule has 0 amide bonds. The zero-order chi connectivity index (χ0) is 4.57. The van der Waals surface area contributed by atoms with E-state index in [0.717, 1.165) is 12.0 Å². The Labute approximate surface area is 50.9 Å². The highest BCUT2D eigenvalue weighted by molar-refractivity contribution is 5.85. The van der Waals surface area contributed by atoms with Crippen molar-refractivity contribution in [2.75, 3.05) is 7.05 Å². The first-order valence-electron chi connectivity index (χ1n) is 2.52. The maximum atomic E-state index is 3.19. The molecule has 1 aliphatic carbocycles. The van der Waals surface area contributed by atoms with Crippen LogP contribution in [0.5, 0.6) is 0 Å². The highest BCUT2D eigenvalue weighted by Crippen LogP contribution is 2.27. The molecule has 0 aliphatic heterocycles. The van der Waals surface area contributed by atoms with Gasteiger partial charge >= 0.3 is 0 Å². The summed E-state index contributed by atoms with van der Waals surface area (Å²) in [6.07, 6.45) is 1.39. The smallest absolute Gasteiger partial charge is 0.00933 e. The second kappa shape index (κ2) is 2.53. The van der Waals surface area contributed by atoms with Crippen LogP contribution in [0.4, 0.5) is 0 Å². The first-order valence-corrected chi connectivity index (χ1v) is 2.52. The molecule has 0 unspecified atom stereocenters. The molecule has 1 N–H and O–H groups in total. The molecule has 1 aliphatic rings. The molecule has 2 heteroatoms. The topological polar surface area (TPSA) is 12.0 Å². The van der Waals surface area contributed by atoms with Gasteiger partial charge in [-0.1, -0.05) is 6.92 Å². The fraction of sp³-hybridized carbons (Fsp3) is 1.00. The minimum absolute atomic E-state index is 0. The minimum Gasteiger partial charge on any atom is -0.317 e. The molecule has 1 nitrogen and oxygen atoms in total. The summed E-state index contributed by atoms with van der Waals surface area (Å²) in [5.74, 6) is 0.954. The van der Waals surface area contributed by atoms with E-state index in [4.69, 9.17) is 0 Å². The number of hydrogen-bond acceptors (Lipinski definition) is 1. The molecule has 0 radical (unpaired) electrons. The molecule has 1 fully saturated rings. The molecule has 0 aromatic heterocycles. The first-order chi connectivity index (χ1) is 2.84. The summed E-state index contributed by atoms with van der Waals surface area (Å²) in [5.41, 5.74) is 0. The van der Waals surface area contributed by atoms with Gasteiger partial charge in [-0.3, -0.25) is 0 Å². The van der Waals surface area contributed by atoms with Gasteiger partial charge in [-0.25, -0.2) is 0 Å². The summed E-state index contributed by atoms with van der Waals surface area (Å²) in [6.45, 7) is 2.27. The predicted molar refractivity (Wildman–Crippen MR) is 33.9 cm³/mol. The molecular formula is C5H12ClN. The zero-order valence-electron chi connectivity index (χ0n) is 4.77. The lowest BCUT2D eigenvalue weighted by atomic mass is 10.5. The SMILES string of the molecule is CN[C@H]1C[C@@H]1C.Cl.